The summed E-state index contributed by atoms with van der Waals surface area (Å²) < 4.78 is 5.19. The van der Waals surface area contributed by atoms with Gasteiger partial charge in [-0.2, -0.15) is 0 Å². The Kier molecular flexibility index (Phi) is 3.00. The second-order valence-corrected chi connectivity index (χ2v) is 5.76. The molecule has 0 bridgehead atoms. The van der Waals surface area contributed by atoms with Gasteiger partial charge in [0, 0.05) is 47.7 Å². The molecule has 2 aromatic heterocycles. The molecule has 1 aliphatic rings. The molecule has 1 aliphatic heterocycles. The predicted octanol–water partition coefficient (Wildman–Crippen LogP) is 1.43. The fraction of sp³-hybridized carbons (Fsp3) is 0.250. The molecule has 3 heterocycles. The van der Waals surface area contributed by atoms with Crippen LogP contribution in [0, 0.1) is 0 Å². The van der Waals surface area contributed by atoms with Crippen LogP contribution in [0.25, 0.3) is 10.9 Å². The second kappa shape index (κ2) is 5.05. The number of likely N-dealkylation sites (tertiary alicyclic amines) is 1. The molecule has 1 aromatic carbocycles. The van der Waals surface area contributed by atoms with Gasteiger partial charge in [-0.3, -0.25) is 14.7 Å². The summed E-state index contributed by atoms with van der Waals surface area (Å²) in [5, 5.41) is 6.34. The Hall–Kier alpha value is -2.96. The molecule has 7 nitrogen and oxygen atoms in total. The Morgan fingerprint density at radius 2 is 2.04 bits per heavy atom. The van der Waals surface area contributed by atoms with Crippen LogP contribution in [0.3, 0.4) is 0 Å². The van der Waals surface area contributed by atoms with E-state index in [-0.39, 0.29) is 17.4 Å². The SMILES string of the molecule is COc1ccc2cc(C(=O)N3CC(c4cc(=O)[nH][nH]4)C3)[nH]c2c1. The largest absolute Gasteiger partial charge is 0.497 e. The summed E-state index contributed by atoms with van der Waals surface area (Å²) in [5.41, 5.74) is 2.14. The lowest BCUT2D eigenvalue weighted by molar-refractivity contribution is 0.0593. The number of hydrogen-bond acceptors (Lipinski definition) is 3. The second-order valence-electron chi connectivity index (χ2n) is 5.76. The van der Waals surface area contributed by atoms with Gasteiger partial charge in [-0.15, -0.1) is 0 Å². The fourth-order valence-electron chi connectivity index (χ4n) is 2.93. The third-order valence-electron chi connectivity index (χ3n) is 4.29. The van der Waals surface area contributed by atoms with Gasteiger partial charge in [0.05, 0.1) is 7.11 Å². The van der Waals surface area contributed by atoms with Gasteiger partial charge >= 0.3 is 0 Å². The highest BCUT2D eigenvalue weighted by Gasteiger charge is 2.33. The topological polar surface area (TPSA) is 94.0 Å². The molecule has 0 atom stereocenters. The van der Waals surface area contributed by atoms with E-state index in [1.165, 1.54) is 0 Å². The number of benzene rings is 1. The first-order valence-corrected chi connectivity index (χ1v) is 7.37. The van der Waals surface area contributed by atoms with Crippen molar-refractivity contribution in [3.8, 4) is 5.75 Å². The number of rotatable bonds is 3. The predicted molar refractivity (Wildman–Crippen MR) is 84.9 cm³/mol. The first-order valence-electron chi connectivity index (χ1n) is 7.37. The smallest absolute Gasteiger partial charge is 0.270 e. The molecule has 1 fully saturated rings. The number of H-pyrrole nitrogens is 3. The third kappa shape index (κ3) is 2.30. The maximum atomic E-state index is 12.5. The fourth-order valence-corrected chi connectivity index (χ4v) is 2.93. The molecule has 0 radical (unpaired) electrons. The summed E-state index contributed by atoms with van der Waals surface area (Å²) in [4.78, 5) is 28.6. The Morgan fingerprint density at radius 1 is 1.22 bits per heavy atom. The van der Waals surface area contributed by atoms with Gasteiger partial charge < -0.3 is 19.7 Å². The van der Waals surface area contributed by atoms with Gasteiger partial charge in [0.15, 0.2) is 0 Å². The van der Waals surface area contributed by atoms with Crippen molar-refractivity contribution in [2.45, 2.75) is 5.92 Å². The average molecular weight is 312 g/mol. The molecule has 3 aromatic rings. The van der Waals surface area contributed by atoms with E-state index in [2.05, 4.69) is 15.2 Å². The first kappa shape index (κ1) is 13.7. The lowest BCUT2D eigenvalue weighted by Crippen LogP contribution is -2.48. The van der Waals surface area contributed by atoms with Crippen LogP contribution in [0.2, 0.25) is 0 Å². The van der Waals surface area contributed by atoms with Gasteiger partial charge in [0.25, 0.3) is 11.5 Å². The lowest BCUT2D eigenvalue weighted by atomic mass is 9.96. The van der Waals surface area contributed by atoms with Crippen molar-refractivity contribution in [2.75, 3.05) is 20.2 Å². The number of hydrogen-bond donors (Lipinski definition) is 3. The molecular formula is C16H16N4O3. The number of aromatic nitrogens is 3. The summed E-state index contributed by atoms with van der Waals surface area (Å²) in [6, 6.07) is 9.05. The van der Waals surface area contributed by atoms with Gasteiger partial charge in [-0.05, 0) is 18.2 Å². The number of carbonyl (C=O) groups is 1. The summed E-state index contributed by atoms with van der Waals surface area (Å²) >= 11 is 0. The zero-order chi connectivity index (χ0) is 16.0. The number of methoxy groups -OCH3 is 1. The molecule has 0 spiro atoms. The number of carbonyl (C=O) groups excluding carboxylic acids is 1. The van der Waals surface area contributed by atoms with Gasteiger partial charge in [0.2, 0.25) is 0 Å². The normalized spacial score (nSPS) is 14.9. The molecule has 7 heteroatoms. The molecule has 0 saturated carbocycles. The van der Waals surface area contributed by atoms with Crippen LogP contribution in [0.4, 0.5) is 0 Å². The van der Waals surface area contributed by atoms with Crippen molar-refractivity contribution in [1.29, 1.82) is 0 Å². The summed E-state index contributed by atoms with van der Waals surface area (Å²) in [6.45, 7) is 1.20. The van der Waals surface area contributed by atoms with Crippen molar-refractivity contribution in [3.05, 3.63) is 52.1 Å². The Labute approximate surface area is 131 Å². The highest BCUT2D eigenvalue weighted by Crippen LogP contribution is 2.27. The van der Waals surface area contributed by atoms with Crippen molar-refractivity contribution >= 4 is 16.8 Å². The van der Waals surface area contributed by atoms with Crippen LogP contribution < -0.4 is 10.3 Å². The summed E-state index contributed by atoms with van der Waals surface area (Å²) in [5.74, 6) is 0.899. The van der Waals surface area contributed by atoms with E-state index in [9.17, 15) is 9.59 Å². The minimum Gasteiger partial charge on any atom is -0.497 e. The Balaban J connectivity index is 1.50. The average Bonchev–Trinajstić information content (AvgIpc) is 3.11. The molecule has 0 unspecified atom stereocenters. The number of ether oxygens (including phenoxy) is 1. The molecule has 4 rings (SSSR count). The van der Waals surface area contributed by atoms with Crippen LogP contribution in [0.1, 0.15) is 22.1 Å². The number of amides is 1. The Morgan fingerprint density at radius 3 is 2.74 bits per heavy atom. The molecular weight excluding hydrogens is 296 g/mol. The van der Waals surface area contributed by atoms with Crippen LogP contribution in [-0.2, 0) is 0 Å². The zero-order valence-corrected chi connectivity index (χ0v) is 12.6. The van der Waals surface area contributed by atoms with E-state index in [1.54, 1.807) is 18.1 Å². The van der Waals surface area contributed by atoms with Gasteiger partial charge in [-0.25, -0.2) is 0 Å². The molecule has 1 saturated heterocycles. The third-order valence-corrected chi connectivity index (χ3v) is 4.29. The maximum Gasteiger partial charge on any atom is 0.270 e. The number of nitrogens with zero attached hydrogens (tertiary/aromatic N) is 1. The quantitative estimate of drug-likeness (QED) is 0.683. The van der Waals surface area contributed by atoms with Crippen molar-refractivity contribution < 1.29 is 9.53 Å². The molecule has 3 N–H and O–H groups in total. The van der Waals surface area contributed by atoms with Crippen LogP contribution >= 0.6 is 0 Å². The van der Waals surface area contributed by atoms with E-state index in [1.807, 2.05) is 24.3 Å². The number of aromatic amines is 3. The minimum absolute atomic E-state index is 0.0331. The number of fused-ring (bicyclic) bond motifs is 1. The van der Waals surface area contributed by atoms with Crippen molar-refractivity contribution in [2.24, 2.45) is 0 Å². The molecule has 1 amide bonds. The van der Waals surface area contributed by atoms with Crippen LogP contribution in [-0.4, -0.2) is 46.2 Å². The highest BCUT2D eigenvalue weighted by atomic mass is 16.5. The Bertz CT molecular complexity index is 930. The molecule has 23 heavy (non-hydrogen) atoms. The van der Waals surface area contributed by atoms with E-state index in [4.69, 9.17) is 4.74 Å². The summed E-state index contributed by atoms with van der Waals surface area (Å²) in [6.07, 6.45) is 0. The lowest BCUT2D eigenvalue weighted by Gasteiger charge is -2.38. The first-order chi connectivity index (χ1) is 11.1. The monoisotopic (exact) mass is 312 g/mol. The number of nitrogens with one attached hydrogen (secondary N) is 3. The highest BCUT2D eigenvalue weighted by molar-refractivity contribution is 5.98. The van der Waals surface area contributed by atoms with Crippen molar-refractivity contribution in [3.63, 3.8) is 0 Å². The summed E-state index contributed by atoms with van der Waals surface area (Å²) in [7, 11) is 1.61. The zero-order valence-electron chi connectivity index (χ0n) is 12.6. The van der Waals surface area contributed by atoms with Gasteiger partial charge in [-0.1, -0.05) is 0 Å². The van der Waals surface area contributed by atoms with E-state index in [0.29, 0.717) is 18.8 Å². The van der Waals surface area contributed by atoms with Crippen molar-refractivity contribution in [1.82, 2.24) is 20.1 Å². The van der Waals surface area contributed by atoms with Gasteiger partial charge in [0.1, 0.15) is 11.4 Å². The molecule has 0 aliphatic carbocycles. The minimum atomic E-state index is -0.144. The van der Waals surface area contributed by atoms with E-state index in [0.717, 1.165) is 22.3 Å². The molecule has 118 valence electrons. The maximum absolute atomic E-state index is 12.5. The van der Waals surface area contributed by atoms with E-state index >= 15 is 0 Å². The standard InChI is InChI=1S/C16H16N4O3/c1-23-11-3-2-9-4-14(17-12(9)5-11)16(22)20-7-10(8-20)13-6-15(21)19-18-13/h2-6,10,17H,7-8H2,1H3,(H2,18,19,21). The van der Waals surface area contributed by atoms with Crippen LogP contribution in [0.5, 0.6) is 5.75 Å². The van der Waals surface area contributed by atoms with E-state index < -0.39 is 0 Å². The van der Waals surface area contributed by atoms with Crippen LogP contribution in [0.15, 0.2) is 35.1 Å².